The summed E-state index contributed by atoms with van der Waals surface area (Å²) in [4.78, 5) is 10.2. The Morgan fingerprint density at radius 2 is 2.50 bits per heavy atom. The lowest BCUT2D eigenvalue weighted by Crippen LogP contribution is -2.22. The molecule has 1 aromatic rings. The summed E-state index contributed by atoms with van der Waals surface area (Å²) in [6.07, 6.45) is 0.598. The molecule has 78 valence electrons. The zero-order valence-electron chi connectivity index (χ0n) is 7.84. The van der Waals surface area contributed by atoms with E-state index in [9.17, 15) is 9.90 Å². The van der Waals surface area contributed by atoms with Crippen LogP contribution in [0.5, 0.6) is 0 Å². The number of aliphatic hydroxyl groups is 1. The van der Waals surface area contributed by atoms with Crippen molar-refractivity contribution in [2.75, 3.05) is 11.9 Å². The molecule has 0 aliphatic heterocycles. The average Bonchev–Trinajstić information content (AvgIpc) is 2.47. The number of carboxylic acids is 1. The Morgan fingerprint density at radius 3 is 3.00 bits per heavy atom. The summed E-state index contributed by atoms with van der Waals surface area (Å²) in [6.45, 7) is 0.184. The topological polar surface area (TPSA) is 87.4 Å². The van der Waals surface area contributed by atoms with Gasteiger partial charge in [-0.3, -0.25) is 9.48 Å². The molecule has 0 radical (unpaired) electrons. The summed E-state index contributed by atoms with van der Waals surface area (Å²) < 4.78 is 1.62. The normalized spacial score (nSPS) is 12.4. The van der Waals surface area contributed by atoms with E-state index in [-0.39, 0.29) is 13.0 Å². The number of nitrogens with one attached hydrogen (secondary N) is 1. The van der Waals surface area contributed by atoms with Crippen molar-refractivity contribution >= 4 is 11.8 Å². The number of hydrogen-bond acceptors (Lipinski definition) is 4. The Bertz CT molecular complexity index is 311. The Kier molecular flexibility index (Phi) is 3.47. The van der Waals surface area contributed by atoms with Gasteiger partial charge in [0.05, 0.1) is 12.5 Å². The molecule has 6 heteroatoms. The molecule has 3 N–H and O–H groups in total. The van der Waals surface area contributed by atoms with E-state index < -0.39 is 12.1 Å². The van der Waals surface area contributed by atoms with Crippen LogP contribution in [0.2, 0.25) is 0 Å². The monoisotopic (exact) mass is 199 g/mol. The summed E-state index contributed by atoms with van der Waals surface area (Å²) in [5.74, 6) is -0.391. The molecule has 0 fully saturated rings. The summed E-state index contributed by atoms with van der Waals surface area (Å²) in [6, 6.07) is 1.74. The van der Waals surface area contributed by atoms with Gasteiger partial charge in [0, 0.05) is 25.9 Å². The van der Waals surface area contributed by atoms with E-state index in [4.69, 9.17) is 5.11 Å². The molecule has 0 aromatic carbocycles. The molecule has 1 unspecified atom stereocenters. The Labute approximate surface area is 81.2 Å². The number of rotatable bonds is 5. The molecule has 0 bridgehead atoms. The van der Waals surface area contributed by atoms with Crippen molar-refractivity contribution in [2.45, 2.75) is 12.5 Å². The van der Waals surface area contributed by atoms with Gasteiger partial charge in [-0.05, 0) is 0 Å². The van der Waals surface area contributed by atoms with Crippen molar-refractivity contribution in [3.8, 4) is 0 Å². The van der Waals surface area contributed by atoms with Crippen LogP contribution in [0.1, 0.15) is 6.42 Å². The predicted molar refractivity (Wildman–Crippen MR) is 50.0 cm³/mol. The van der Waals surface area contributed by atoms with Gasteiger partial charge in [-0.15, -0.1) is 0 Å². The van der Waals surface area contributed by atoms with Gasteiger partial charge < -0.3 is 15.5 Å². The minimum atomic E-state index is -1.01. The van der Waals surface area contributed by atoms with Crippen LogP contribution in [-0.2, 0) is 11.8 Å². The number of hydrogen-bond donors (Lipinski definition) is 3. The van der Waals surface area contributed by atoms with Crippen molar-refractivity contribution in [1.29, 1.82) is 0 Å². The summed E-state index contributed by atoms with van der Waals surface area (Å²) in [5.41, 5.74) is 0. The number of carboxylic acid groups (broad SMARTS) is 1. The Balaban J connectivity index is 2.30. The first-order valence-electron chi connectivity index (χ1n) is 4.21. The molecule has 0 saturated heterocycles. The molecule has 0 aliphatic carbocycles. The molecule has 0 amide bonds. The van der Waals surface area contributed by atoms with E-state index in [0.717, 1.165) is 0 Å². The van der Waals surface area contributed by atoms with E-state index >= 15 is 0 Å². The highest BCUT2D eigenvalue weighted by Crippen LogP contribution is 2.01. The van der Waals surface area contributed by atoms with E-state index in [1.54, 1.807) is 24.0 Å². The van der Waals surface area contributed by atoms with Gasteiger partial charge in [0.15, 0.2) is 0 Å². The number of aromatic nitrogens is 2. The summed E-state index contributed by atoms with van der Waals surface area (Å²) in [5, 5.41) is 24.4. The van der Waals surface area contributed by atoms with Crippen LogP contribution < -0.4 is 5.32 Å². The quantitative estimate of drug-likeness (QED) is 0.604. The standard InChI is InChI=1S/C8H13N3O3/c1-11-3-2-7(10-11)9-5-6(12)4-8(13)14/h2-3,6,12H,4-5H2,1H3,(H,9,10)(H,13,14). The highest BCUT2D eigenvalue weighted by atomic mass is 16.4. The highest BCUT2D eigenvalue weighted by Gasteiger charge is 2.09. The second-order valence-electron chi connectivity index (χ2n) is 3.01. The lowest BCUT2D eigenvalue weighted by molar-refractivity contribution is -0.138. The molecule has 14 heavy (non-hydrogen) atoms. The third kappa shape index (κ3) is 3.44. The molecular formula is C8H13N3O3. The van der Waals surface area contributed by atoms with Crippen molar-refractivity contribution in [1.82, 2.24) is 9.78 Å². The molecular weight excluding hydrogens is 186 g/mol. The third-order valence-electron chi connectivity index (χ3n) is 1.64. The first-order valence-corrected chi connectivity index (χ1v) is 4.21. The third-order valence-corrected chi connectivity index (χ3v) is 1.64. The van der Waals surface area contributed by atoms with Crippen LogP contribution in [0.3, 0.4) is 0 Å². The van der Waals surface area contributed by atoms with Crippen molar-refractivity contribution in [2.24, 2.45) is 7.05 Å². The first kappa shape index (κ1) is 10.5. The average molecular weight is 199 g/mol. The first-order chi connectivity index (χ1) is 6.58. The molecule has 1 rings (SSSR count). The van der Waals surface area contributed by atoms with Gasteiger partial charge in [-0.2, -0.15) is 5.10 Å². The number of nitrogens with zero attached hydrogens (tertiary/aromatic N) is 2. The summed E-state index contributed by atoms with van der Waals surface area (Å²) >= 11 is 0. The van der Waals surface area contributed by atoms with Gasteiger partial charge in [-0.25, -0.2) is 0 Å². The molecule has 0 aliphatic rings. The zero-order valence-corrected chi connectivity index (χ0v) is 7.84. The minimum absolute atomic E-state index is 0.184. The molecule has 6 nitrogen and oxygen atoms in total. The maximum atomic E-state index is 10.2. The van der Waals surface area contributed by atoms with E-state index in [1.807, 2.05) is 0 Å². The van der Waals surface area contributed by atoms with Crippen LogP contribution in [-0.4, -0.2) is 38.6 Å². The smallest absolute Gasteiger partial charge is 0.306 e. The molecule has 0 spiro atoms. The largest absolute Gasteiger partial charge is 0.481 e. The lowest BCUT2D eigenvalue weighted by atomic mass is 10.2. The SMILES string of the molecule is Cn1ccc(NCC(O)CC(=O)O)n1. The van der Waals surface area contributed by atoms with Crippen molar-refractivity contribution in [3.05, 3.63) is 12.3 Å². The molecule has 1 aromatic heterocycles. The molecule has 0 saturated carbocycles. The number of carbonyl (C=O) groups is 1. The fourth-order valence-corrected chi connectivity index (χ4v) is 1.01. The van der Waals surface area contributed by atoms with E-state index in [2.05, 4.69) is 10.4 Å². The number of aliphatic hydroxyl groups excluding tert-OH is 1. The maximum Gasteiger partial charge on any atom is 0.306 e. The second-order valence-corrected chi connectivity index (χ2v) is 3.01. The van der Waals surface area contributed by atoms with Crippen LogP contribution in [0, 0.1) is 0 Å². The van der Waals surface area contributed by atoms with Gasteiger partial charge in [-0.1, -0.05) is 0 Å². The number of aliphatic carboxylic acids is 1. The maximum absolute atomic E-state index is 10.2. The van der Waals surface area contributed by atoms with Crippen molar-refractivity contribution in [3.63, 3.8) is 0 Å². The predicted octanol–water partition coefficient (Wildman–Crippen LogP) is -0.332. The van der Waals surface area contributed by atoms with Crippen LogP contribution in [0.25, 0.3) is 0 Å². The summed E-state index contributed by atoms with van der Waals surface area (Å²) in [7, 11) is 1.78. The Hall–Kier alpha value is -1.56. The van der Waals surface area contributed by atoms with Gasteiger partial charge >= 0.3 is 5.97 Å². The highest BCUT2D eigenvalue weighted by molar-refractivity contribution is 5.67. The van der Waals surface area contributed by atoms with Gasteiger partial charge in [0.2, 0.25) is 0 Å². The lowest BCUT2D eigenvalue weighted by Gasteiger charge is -2.07. The zero-order chi connectivity index (χ0) is 10.6. The molecule has 1 atom stereocenters. The van der Waals surface area contributed by atoms with E-state index in [0.29, 0.717) is 5.82 Å². The van der Waals surface area contributed by atoms with Crippen LogP contribution in [0.4, 0.5) is 5.82 Å². The van der Waals surface area contributed by atoms with Crippen molar-refractivity contribution < 1.29 is 15.0 Å². The fraction of sp³-hybridized carbons (Fsp3) is 0.500. The Morgan fingerprint density at radius 1 is 1.79 bits per heavy atom. The van der Waals surface area contributed by atoms with Crippen LogP contribution in [0.15, 0.2) is 12.3 Å². The van der Waals surface area contributed by atoms with Gasteiger partial charge in [0.1, 0.15) is 5.82 Å². The second kappa shape index (κ2) is 4.61. The van der Waals surface area contributed by atoms with Crippen LogP contribution >= 0.6 is 0 Å². The minimum Gasteiger partial charge on any atom is -0.481 e. The number of anilines is 1. The molecule has 1 heterocycles. The number of aryl methyl sites for hydroxylation is 1. The van der Waals surface area contributed by atoms with E-state index in [1.165, 1.54) is 0 Å². The fourth-order valence-electron chi connectivity index (χ4n) is 1.01. The van der Waals surface area contributed by atoms with Gasteiger partial charge in [0.25, 0.3) is 0 Å².